The van der Waals surface area contributed by atoms with Crippen LogP contribution in [0.25, 0.3) is 6.08 Å². The highest BCUT2D eigenvalue weighted by atomic mass is 16.5. The van der Waals surface area contributed by atoms with Crippen LogP contribution in [0.3, 0.4) is 0 Å². The van der Waals surface area contributed by atoms with Crippen molar-refractivity contribution in [1.29, 1.82) is 0 Å². The highest BCUT2D eigenvalue weighted by molar-refractivity contribution is 6.41. The van der Waals surface area contributed by atoms with Gasteiger partial charge in [-0.25, -0.2) is 0 Å². The third-order valence-corrected chi connectivity index (χ3v) is 5.13. The number of amides is 1. The minimum absolute atomic E-state index is 0.0951. The van der Waals surface area contributed by atoms with Gasteiger partial charge in [-0.15, -0.1) is 0 Å². The summed E-state index contributed by atoms with van der Waals surface area (Å²) in [5.41, 5.74) is 3.36. The predicted octanol–water partition coefficient (Wildman–Crippen LogP) is 4.73. The quantitative estimate of drug-likeness (QED) is 0.470. The molecule has 31 heavy (non-hydrogen) atoms. The second kappa shape index (κ2) is 8.79. The van der Waals surface area contributed by atoms with E-state index in [-0.39, 0.29) is 29.7 Å². The predicted molar refractivity (Wildman–Crippen MR) is 119 cm³/mol. The van der Waals surface area contributed by atoms with Crippen LogP contribution in [-0.2, 0) is 11.2 Å². The molecule has 1 aliphatic carbocycles. The Kier molecular flexibility index (Phi) is 5.76. The van der Waals surface area contributed by atoms with Crippen LogP contribution in [0.1, 0.15) is 38.8 Å². The van der Waals surface area contributed by atoms with E-state index >= 15 is 0 Å². The average molecular weight is 411 g/mol. The van der Waals surface area contributed by atoms with E-state index in [1.807, 2.05) is 24.3 Å². The average Bonchev–Trinajstić information content (AvgIpc) is 3.04. The van der Waals surface area contributed by atoms with E-state index in [0.717, 1.165) is 6.42 Å². The summed E-state index contributed by atoms with van der Waals surface area (Å²) < 4.78 is 5.69. The van der Waals surface area contributed by atoms with Crippen molar-refractivity contribution in [3.8, 4) is 5.75 Å². The van der Waals surface area contributed by atoms with E-state index < -0.39 is 0 Å². The van der Waals surface area contributed by atoms with Crippen molar-refractivity contribution in [1.82, 2.24) is 0 Å². The number of nitrogens with one attached hydrogen (secondary N) is 1. The summed E-state index contributed by atoms with van der Waals surface area (Å²) in [6, 6.07) is 21.4. The molecular formula is C26H21NO4. The van der Waals surface area contributed by atoms with E-state index in [0.29, 0.717) is 28.1 Å². The third-order valence-electron chi connectivity index (χ3n) is 5.13. The number of anilines is 1. The molecule has 1 aliphatic rings. The normalized spacial score (nSPS) is 12.5. The molecule has 5 heteroatoms. The Balaban J connectivity index is 1.48. The number of Topliss-reactive ketones (excluding diaryl/α,β-unsaturated/α-hetero) is 2. The number of hydrogen-bond donors (Lipinski definition) is 1. The molecule has 0 unspecified atom stereocenters. The van der Waals surface area contributed by atoms with Gasteiger partial charge in [0.15, 0.2) is 18.2 Å². The highest BCUT2D eigenvalue weighted by Crippen LogP contribution is 2.30. The van der Waals surface area contributed by atoms with E-state index in [1.165, 1.54) is 11.6 Å². The zero-order valence-electron chi connectivity index (χ0n) is 17.1. The van der Waals surface area contributed by atoms with Gasteiger partial charge in [-0.3, -0.25) is 14.4 Å². The molecule has 0 aromatic heterocycles. The van der Waals surface area contributed by atoms with Crippen LogP contribution < -0.4 is 10.1 Å². The Bertz CT molecular complexity index is 1160. The number of carbonyl (C=O) groups is 3. The lowest BCUT2D eigenvalue weighted by atomic mass is 10.1. The molecule has 3 aromatic rings. The number of para-hydroxylation sites is 1. The van der Waals surface area contributed by atoms with Crippen molar-refractivity contribution in [2.24, 2.45) is 0 Å². The molecule has 0 heterocycles. The van der Waals surface area contributed by atoms with Crippen LogP contribution >= 0.6 is 0 Å². The van der Waals surface area contributed by atoms with Crippen molar-refractivity contribution < 1.29 is 19.1 Å². The molecule has 0 aliphatic heterocycles. The number of fused-ring (bicyclic) bond motifs is 1. The summed E-state index contributed by atoms with van der Waals surface area (Å²) in [5, 5.41) is 2.79. The van der Waals surface area contributed by atoms with Crippen LogP contribution in [0.2, 0.25) is 0 Å². The van der Waals surface area contributed by atoms with E-state index in [2.05, 4.69) is 12.2 Å². The minimum Gasteiger partial charge on any atom is -0.483 e. The number of aryl methyl sites for hydroxylation is 1. The topological polar surface area (TPSA) is 72.5 Å². The molecule has 1 amide bonds. The molecule has 0 saturated carbocycles. The van der Waals surface area contributed by atoms with Crippen molar-refractivity contribution in [3.05, 3.63) is 101 Å². The van der Waals surface area contributed by atoms with Crippen LogP contribution in [0.5, 0.6) is 5.75 Å². The maximum Gasteiger partial charge on any atom is 0.262 e. The van der Waals surface area contributed by atoms with Gasteiger partial charge in [0.05, 0.1) is 5.57 Å². The minimum atomic E-state index is -0.302. The molecule has 0 fully saturated rings. The van der Waals surface area contributed by atoms with Crippen molar-refractivity contribution in [3.63, 3.8) is 0 Å². The summed E-state index contributed by atoms with van der Waals surface area (Å²) >= 11 is 0. The summed E-state index contributed by atoms with van der Waals surface area (Å²) in [5.74, 6) is -0.484. The van der Waals surface area contributed by atoms with E-state index in [9.17, 15) is 14.4 Å². The number of benzene rings is 3. The fraction of sp³-hybridized carbons (Fsp3) is 0.115. The van der Waals surface area contributed by atoms with Gasteiger partial charge >= 0.3 is 0 Å². The summed E-state index contributed by atoms with van der Waals surface area (Å²) in [4.78, 5) is 37.6. The van der Waals surface area contributed by atoms with Gasteiger partial charge in [-0.1, -0.05) is 61.5 Å². The van der Waals surface area contributed by atoms with Gasteiger partial charge in [0, 0.05) is 22.4 Å². The fourth-order valence-electron chi connectivity index (χ4n) is 3.45. The van der Waals surface area contributed by atoms with Gasteiger partial charge in [-0.2, -0.15) is 0 Å². The maximum atomic E-state index is 12.6. The molecule has 5 nitrogen and oxygen atoms in total. The summed E-state index contributed by atoms with van der Waals surface area (Å²) in [7, 11) is 0. The molecule has 4 rings (SSSR count). The van der Waals surface area contributed by atoms with Crippen LogP contribution in [-0.4, -0.2) is 24.1 Å². The van der Waals surface area contributed by atoms with Gasteiger partial charge in [0.1, 0.15) is 5.75 Å². The van der Waals surface area contributed by atoms with Gasteiger partial charge in [0.25, 0.3) is 5.91 Å². The van der Waals surface area contributed by atoms with Gasteiger partial charge < -0.3 is 10.1 Å². The molecule has 0 atom stereocenters. The summed E-state index contributed by atoms with van der Waals surface area (Å²) in [6.45, 7) is 1.87. The summed E-state index contributed by atoms with van der Waals surface area (Å²) in [6.07, 6.45) is 2.46. The Hall–Kier alpha value is -3.99. The molecule has 0 spiro atoms. The molecular weight excluding hydrogens is 390 g/mol. The first-order valence-electron chi connectivity index (χ1n) is 10.1. The van der Waals surface area contributed by atoms with E-state index in [4.69, 9.17) is 4.74 Å². The standard InChI is InChI=1S/C26H21NO4/c1-2-17-11-13-19(14-12-17)27-24(28)16-31-23-10-6-3-7-18(23)15-22-25(29)20-8-4-5-9-21(20)26(22)30/h3-15H,2,16H2,1H3,(H,27,28). The Labute approximate surface area is 180 Å². The smallest absolute Gasteiger partial charge is 0.262 e. The Morgan fingerprint density at radius 3 is 2.13 bits per heavy atom. The molecule has 0 saturated heterocycles. The van der Waals surface area contributed by atoms with Gasteiger partial charge in [0.2, 0.25) is 0 Å². The highest BCUT2D eigenvalue weighted by Gasteiger charge is 2.32. The van der Waals surface area contributed by atoms with Crippen LogP contribution in [0.4, 0.5) is 5.69 Å². The molecule has 1 N–H and O–H groups in total. The first kappa shape index (κ1) is 20.3. The van der Waals surface area contributed by atoms with Crippen LogP contribution in [0, 0.1) is 0 Å². The molecule has 154 valence electrons. The number of allylic oxidation sites excluding steroid dienone is 1. The maximum absolute atomic E-state index is 12.6. The van der Waals surface area contributed by atoms with E-state index in [1.54, 1.807) is 48.5 Å². The zero-order valence-corrected chi connectivity index (χ0v) is 17.1. The molecule has 0 bridgehead atoms. The fourth-order valence-corrected chi connectivity index (χ4v) is 3.45. The number of rotatable bonds is 6. The largest absolute Gasteiger partial charge is 0.483 e. The van der Waals surface area contributed by atoms with Crippen molar-refractivity contribution in [2.75, 3.05) is 11.9 Å². The second-order valence-corrected chi connectivity index (χ2v) is 7.19. The number of ether oxygens (including phenoxy) is 1. The van der Waals surface area contributed by atoms with Gasteiger partial charge in [-0.05, 0) is 36.3 Å². The SMILES string of the molecule is CCc1ccc(NC(=O)COc2ccccc2C=C2C(=O)c3ccccc3C2=O)cc1. The molecule has 0 radical (unpaired) electrons. The first-order valence-corrected chi connectivity index (χ1v) is 10.1. The third kappa shape index (κ3) is 4.31. The monoisotopic (exact) mass is 411 g/mol. The zero-order chi connectivity index (χ0) is 21.8. The Morgan fingerprint density at radius 1 is 0.871 bits per heavy atom. The Morgan fingerprint density at radius 2 is 1.48 bits per heavy atom. The second-order valence-electron chi connectivity index (χ2n) is 7.19. The molecule has 3 aromatic carbocycles. The first-order chi connectivity index (χ1) is 15.1. The van der Waals surface area contributed by atoms with Crippen molar-refractivity contribution >= 4 is 29.2 Å². The van der Waals surface area contributed by atoms with Crippen LogP contribution in [0.15, 0.2) is 78.4 Å². The number of carbonyl (C=O) groups excluding carboxylic acids is 3. The number of hydrogen-bond acceptors (Lipinski definition) is 4. The lowest BCUT2D eigenvalue weighted by molar-refractivity contribution is -0.118. The van der Waals surface area contributed by atoms with Crippen molar-refractivity contribution in [2.45, 2.75) is 13.3 Å². The number of ketones is 2. The lowest BCUT2D eigenvalue weighted by Gasteiger charge is -2.10. The lowest BCUT2D eigenvalue weighted by Crippen LogP contribution is -2.20.